The monoisotopic (exact) mass is 201 g/mol. The maximum absolute atomic E-state index is 11.4. The molecular formula is C11H23NO2. The fourth-order valence-corrected chi connectivity index (χ4v) is 0.949. The minimum atomic E-state index is -0.448. The van der Waals surface area contributed by atoms with Gasteiger partial charge in [0.15, 0.2) is 0 Å². The Labute approximate surface area is 87.0 Å². The van der Waals surface area contributed by atoms with Crippen LogP contribution in [0.15, 0.2) is 0 Å². The number of rotatable bonds is 6. The van der Waals surface area contributed by atoms with Gasteiger partial charge in [0.05, 0.1) is 0 Å². The molecule has 0 radical (unpaired) electrons. The lowest BCUT2D eigenvalue weighted by atomic mass is 10.1. The Bertz CT molecular complexity index is 169. The van der Waals surface area contributed by atoms with Gasteiger partial charge in [0.1, 0.15) is 12.1 Å². The lowest BCUT2D eigenvalue weighted by Gasteiger charge is -2.19. The van der Waals surface area contributed by atoms with Crippen molar-refractivity contribution < 1.29 is 9.53 Å². The molecule has 0 fully saturated rings. The number of hydrogen-bond acceptors (Lipinski definition) is 3. The molecule has 0 aliphatic rings. The number of carbonyl (C=O) groups is 1. The average Bonchev–Trinajstić information content (AvgIpc) is 2.13. The van der Waals surface area contributed by atoms with Crippen molar-refractivity contribution in [2.45, 2.75) is 59.1 Å². The molecule has 2 unspecified atom stereocenters. The molecule has 0 bridgehead atoms. The van der Waals surface area contributed by atoms with Crippen molar-refractivity contribution in [3.05, 3.63) is 0 Å². The lowest BCUT2D eigenvalue weighted by molar-refractivity contribution is -0.152. The number of carbonyl (C=O) groups excluding carboxylic acids is 1. The summed E-state index contributed by atoms with van der Waals surface area (Å²) in [4.78, 5) is 11.4. The molecule has 0 aromatic carbocycles. The highest BCUT2D eigenvalue weighted by molar-refractivity contribution is 5.75. The number of esters is 1. The maximum Gasteiger partial charge on any atom is 0.323 e. The molecule has 2 N–H and O–H groups in total. The second kappa shape index (κ2) is 6.82. The normalized spacial score (nSPS) is 15.3. The number of nitrogens with two attached hydrogens (primary N) is 1. The predicted molar refractivity (Wildman–Crippen MR) is 57.9 cm³/mol. The van der Waals surface area contributed by atoms with Crippen molar-refractivity contribution in [3.63, 3.8) is 0 Å². The van der Waals surface area contributed by atoms with Gasteiger partial charge in [-0.3, -0.25) is 4.79 Å². The first-order chi connectivity index (χ1) is 6.49. The van der Waals surface area contributed by atoms with Crippen LogP contribution in [-0.4, -0.2) is 18.1 Å². The summed E-state index contributed by atoms with van der Waals surface area (Å²) >= 11 is 0. The molecule has 14 heavy (non-hydrogen) atoms. The Kier molecular flexibility index (Phi) is 6.54. The fraction of sp³-hybridized carbons (Fsp3) is 0.909. The zero-order valence-corrected chi connectivity index (χ0v) is 9.75. The summed E-state index contributed by atoms with van der Waals surface area (Å²) in [6.07, 6.45) is 2.71. The van der Waals surface area contributed by atoms with Crippen LogP contribution in [0.3, 0.4) is 0 Å². The molecule has 0 saturated heterocycles. The quantitative estimate of drug-likeness (QED) is 0.669. The highest BCUT2D eigenvalue weighted by Crippen LogP contribution is 2.08. The van der Waals surface area contributed by atoms with E-state index in [4.69, 9.17) is 10.5 Å². The first kappa shape index (κ1) is 13.4. The van der Waals surface area contributed by atoms with Gasteiger partial charge < -0.3 is 10.5 Å². The SMILES string of the molecule is CCCCC(N)C(=O)OC(C)C(C)C. The highest BCUT2D eigenvalue weighted by atomic mass is 16.5. The van der Waals surface area contributed by atoms with E-state index >= 15 is 0 Å². The number of hydrogen-bond donors (Lipinski definition) is 1. The second-order valence-corrected chi connectivity index (χ2v) is 4.13. The van der Waals surface area contributed by atoms with Crippen LogP contribution in [0.4, 0.5) is 0 Å². The Morgan fingerprint density at radius 3 is 2.36 bits per heavy atom. The molecule has 0 aliphatic heterocycles. The topological polar surface area (TPSA) is 52.3 Å². The summed E-state index contributed by atoms with van der Waals surface area (Å²) in [5.74, 6) is 0.0805. The van der Waals surface area contributed by atoms with Crippen LogP contribution in [0.1, 0.15) is 47.0 Å². The van der Waals surface area contributed by atoms with Gasteiger partial charge in [0.25, 0.3) is 0 Å². The molecule has 0 heterocycles. The molecule has 0 saturated carbocycles. The van der Waals surface area contributed by atoms with Crippen molar-refractivity contribution in [1.29, 1.82) is 0 Å². The van der Waals surface area contributed by atoms with Crippen LogP contribution in [-0.2, 0) is 9.53 Å². The van der Waals surface area contributed by atoms with E-state index in [-0.39, 0.29) is 12.1 Å². The van der Waals surface area contributed by atoms with Crippen LogP contribution in [0.25, 0.3) is 0 Å². The summed E-state index contributed by atoms with van der Waals surface area (Å²) in [6, 6.07) is -0.448. The first-order valence-corrected chi connectivity index (χ1v) is 5.45. The Balaban J connectivity index is 3.82. The zero-order chi connectivity index (χ0) is 11.1. The van der Waals surface area contributed by atoms with Crippen LogP contribution in [0.5, 0.6) is 0 Å². The van der Waals surface area contributed by atoms with Crippen LogP contribution >= 0.6 is 0 Å². The predicted octanol–water partition coefficient (Wildman–Crippen LogP) is 2.09. The van der Waals surface area contributed by atoms with E-state index in [0.29, 0.717) is 5.92 Å². The molecule has 3 nitrogen and oxygen atoms in total. The molecule has 0 aromatic heterocycles. The van der Waals surface area contributed by atoms with E-state index in [0.717, 1.165) is 19.3 Å². The summed E-state index contributed by atoms with van der Waals surface area (Å²) < 4.78 is 5.21. The third-order valence-corrected chi connectivity index (χ3v) is 2.41. The van der Waals surface area contributed by atoms with Crippen molar-refractivity contribution in [2.75, 3.05) is 0 Å². The molecule has 0 aliphatic carbocycles. The van der Waals surface area contributed by atoms with Gasteiger partial charge in [0.2, 0.25) is 0 Å². The average molecular weight is 201 g/mol. The lowest BCUT2D eigenvalue weighted by Crippen LogP contribution is -2.35. The third-order valence-electron chi connectivity index (χ3n) is 2.41. The highest BCUT2D eigenvalue weighted by Gasteiger charge is 2.18. The molecule has 0 spiro atoms. The molecule has 84 valence electrons. The van der Waals surface area contributed by atoms with E-state index in [2.05, 4.69) is 6.92 Å². The third kappa shape index (κ3) is 5.22. The van der Waals surface area contributed by atoms with Crippen molar-refractivity contribution in [3.8, 4) is 0 Å². The van der Waals surface area contributed by atoms with Gasteiger partial charge in [-0.15, -0.1) is 0 Å². The van der Waals surface area contributed by atoms with E-state index < -0.39 is 6.04 Å². The van der Waals surface area contributed by atoms with Gasteiger partial charge in [0, 0.05) is 0 Å². The molecule has 0 amide bonds. The van der Waals surface area contributed by atoms with Crippen LogP contribution in [0, 0.1) is 5.92 Å². The molecule has 0 rings (SSSR count). The summed E-state index contributed by atoms with van der Waals surface area (Å²) in [6.45, 7) is 8.02. The summed E-state index contributed by atoms with van der Waals surface area (Å²) in [5.41, 5.74) is 5.68. The van der Waals surface area contributed by atoms with E-state index in [9.17, 15) is 4.79 Å². The molecule has 2 atom stereocenters. The Morgan fingerprint density at radius 2 is 1.93 bits per heavy atom. The van der Waals surface area contributed by atoms with Crippen molar-refractivity contribution >= 4 is 5.97 Å². The number of ether oxygens (including phenoxy) is 1. The van der Waals surface area contributed by atoms with Gasteiger partial charge in [-0.25, -0.2) is 0 Å². The Morgan fingerprint density at radius 1 is 1.36 bits per heavy atom. The maximum atomic E-state index is 11.4. The van der Waals surface area contributed by atoms with E-state index in [1.165, 1.54) is 0 Å². The van der Waals surface area contributed by atoms with Crippen LogP contribution in [0.2, 0.25) is 0 Å². The summed E-state index contributed by atoms with van der Waals surface area (Å²) in [5, 5.41) is 0. The van der Waals surface area contributed by atoms with Gasteiger partial charge in [-0.05, 0) is 19.3 Å². The van der Waals surface area contributed by atoms with Gasteiger partial charge in [-0.2, -0.15) is 0 Å². The van der Waals surface area contributed by atoms with Gasteiger partial charge in [-0.1, -0.05) is 33.6 Å². The molecular weight excluding hydrogens is 178 g/mol. The fourth-order valence-electron chi connectivity index (χ4n) is 0.949. The van der Waals surface area contributed by atoms with Crippen molar-refractivity contribution in [1.82, 2.24) is 0 Å². The van der Waals surface area contributed by atoms with Gasteiger partial charge >= 0.3 is 5.97 Å². The zero-order valence-electron chi connectivity index (χ0n) is 9.75. The van der Waals surface area contributed by atoms with Crippen molar-refractivity contribution in [2.24, 2.45) is 11.7 Å². The molecule has 0 aromatic rings. The minimum Gasteiger partial charge on any atom is -0.461 e. The summed E-state index contributed by atoms with van der Waals surface area (Å²) in [7, 11) is 0. The van der Waals surface area contributed by atoms with Crippen LogP contribution < -0.4 is 5.73 Å². The van der Waals surface area contributed by atoms with E-state index in [1.807, 2.05) is 20.8 Å². The second-order valence-electron chi connectivity index (χ2n) is 4.13. The first-order valence-electron chi connectivity index (χ1n) is 5.45. The standard InChI is InChI=1S/C11H23NO2/c1-5-6-7-10(12)11(13)14-9(4)8(2)3/h8-10H,5-7,12H2,1-4H3. The smallest absolute Gasteiger partial charge is 0.323 e. The van der Waals surface area contributed by atoms with E-state index in [1.54, 1.807) is 0 Å². The minimum absolute atomic E-state index is 0.0461. The number of unbranched alkanes of at least 4 members (excludes halogenated alkanes) is 1. The molecule has 3 heteroatoms. The Hall–Kier alpha value is -0.570. The largest absolute Gasteiger partial charge is 0.461 e.